The summed E-state index contributed by atoms with van der Waals surface area (Å²) >= 11 is 0. The molecule has 1 rings (SSSR count). The summed E-state index contributed by atoms with van der Waals surface area (Å²) in [7, 11) is 0. The largest absolute Gasteiger partial charge is 0.426 e. The third kappa shape index (κ3) is 5.53. The van der Waals surface area contributed by atoms with Crippen LogP contribution in [0.3, 0.4) is 0 Å². The lowest BCUT2D eigenvalue weighted by atomic mass is 9.87. The van der Waals surface area contributed by atoms with Crippen LogP contribution in [0, 0.1) is 5.41 Å². The smallest absolute Gasteiger partial charge is 0.312 e. The van der Waals surface area contributed by atoms with Gasteiger partial charge in [-0.15, -0.1) is 0 Å². The van der Waals surface area contributed by atoms with E-state index in [1.165, 1.54) is 0 Å². The Labute approximate surface area is 123 Å². The molecule has 1 amide bonds. The molecule has 1 aromatic rings. The van der Waals surface area contributed by atoms with E-state index in [4.69, 9.17) is 9.84 Å². The van der Waals surface area contributed by atoms with Gasteiger partial charge in [-0.05, 0) is 12.1 Å². The van der Waals surface area contributed by atoms with Crippen molar-refractivity contribution in [2.24, 2.45) is 5.41 Å². The minimum Gasteiger partial charge on any atom is -0.426 e. The highest BCUT2D eigenvalue weighted by atomic mass is 16.5. The van der Waals surface area contributed by atoms with Crippen molar-refractivity contribution < 1.29 is 24.5 Å². The minimum absolute atomic E-state index is 0.00704. The third-order valence-electron chi connectivity index (χ3n) is 3.00. The number of ether oxygens (including phenoxy) is 1. The molecule has 1 atom stereocenters. The Morgan fingerprint density at radius 2 is 1.90 bits per heavy atom. The lowest BCUT2D eigenvalue weighted by Crippen LogP contribution is -2.46. The first kappa shape index (κ1) is 17.1. The summed E-state index contributed by atoms with van der Waals surface area (Å²) in [6.07, 6.45) is -1.35. The lowest BCUT2D eigenvalue weighted by Gasteiger charge is -2.27. The first-order valence-corrected chi connectivity index (χ1v) is 6.69. The molecular weight excluding hydrogens is 274 g/mol. The van der Waals surface area contributed by atoms with Crippen LogP contribution in [0.1, 0.15) is 20.3 Å². The van der Waals surface area contributed by atoms with Gasteiger partial charge < -0.3 is 20.3 Å². The molecule has 21 heavy (non-hydrogen) atoms. The second-order valence-corrected chi connectivity index (χ2v) is 5.38. The van der Waals surface area contributed by atoms with E-state index < -0.39 is 23.4 Å². The van der Waals surface area contributed by atoms with Crippen LogP contribution in [0.2, 0.25) is 0 Å². The molecule has 0 heterocycles. The van der Waals surface area contributed by atoms with Gasteiger partial charge in [0.15, 0.2) is 0 Å². The molecule has 0 fully saturated rings. The summed E-state index contributed by atoms with van der Waals surface area (Å²) in [6.45, 7) is 2.88. The molecule has 116 valence electrons. The molecule has 0 bridgehead atoms. The van der Waals surface area contributed by atoms with E-state index in [9.17, 15) is 14.7 Å². The van der Waals surface area contributed by atoms with Crippen molar-refractivity contribution in [3.05, 3.63) is 30.3 Å². The van der Waals surface area contributed by atoms with Gasteiger partial charge in [-0.1, -0.05) is 32.0 Å². The number of hydrogen-bond acceptors (Lipinski definition) is 5. The van der Waals surface area contributed by atoms with Crippen molar-refractivity contribution in [3.8, 4) is 5.75 Å². The standard InChI is InChI=1S/C15H21NO5/c1-15(2,10-17)13(19)14(20)16-9-8-12(18)21-11-6-4-3-5-7-11/h3-7,13,17,19H,8-10H2,1-2H3,(H,16,20). The van der Waals surface area contributed by atoms with Crippen molar-refractivity contribution in [2.75, 3.05) is 13.2 Å². The van der Waals surface area contributed by atoms with E-state index in [2.05, 4.69) is 5.32 Å². The van der Waals surface area contributed by atoms with Gasteiger partial charge in [0.1, 0.15) is 11.9 Å². The quantitative estimate of drug-likeness (QED) is 0.502. The van der Waals surface area contributed by atoms with Crippen LogP contribution in [0.5, 0.6) is 5.75 Å². The fourth-order valence-corrected chi connectivity index (χ4v) is 1.50. The highest BCUT2D eigenvalue weighted by Gasteiger charge is 2.32. The first-order valence-electron chi connectivity index (χ1n) is 6.69. The number of benzene rings is 1. The Balaban J connectivity index is 2.33. The SMILES string of the molecule is CC(C)(CO)C(O)C(=O)NCCC(=O)Oc1ccccc1. The van der Waals surface area contributed by atoms with Gasteiger partial charge in [0.05, 0.1) is 13.0 Å². The summed E-state index contributed by atoms with van der Waals surface area (Å²) < 4.78 is 5.05. The number of aliphatic hydroxyl groups is 2. The maximum Gasteiger partial charge on any atom is 0.312 e. The van der Waals surface area contributed by atoms with E-state index in [1.807, 2.05) is 6.07 Å². The van der Waals surface area contributed by atoms with Crippen molar-refractivity contribution in [3.63, 3.8) is 0 Å². The highest BCUT2D eigenvalue weighted by molar-refractivity contribution is 5.82. The maximum atomic E-state index is 11.7. The fourth-order valence-electron chi connectivity index (χ4n) is 1.50. The van der Waals surface area contributed by atoms with Crippen molar-refractivity contribution >= 4 is 11.9 Å². The van der Waals surface area contributed by atoms with Crippen LogP contribution >= 0.6 is 0 Å². The molecule has 1 aromatic carbocycles. The number of aliphatic hydroxyl groups excluding tert-OH is 2. The van der Waals surface area contributed by atoms with Crippen LogP contribution in [0.15, 0.2) is 30.3 Å². The van der Waals surface area contributed by atoms with Gasteiger partial charge in [-0.25, -0.2) is 0 Å². The van der Waals surface area contributed by atoms with E-state index in [-0.39, 0.29) is 19.6 Å². The topological polar surface area (TPSA) is 95.9 Å². The Hall–Kier alpha value is -1.92. The molecule has 0 saturated heterocycles. The van der Waals surface area contributed by atoms with Gasteiger partial charge in [-0.2, -0.15) is 0 Å². The normalized spacial score (nSPS) is 12.6. The summed E-state index contributed by atoms with van der Waals surface area (Å²) in [5.74, 6) is -0.658. The van der Waals surface area contributed by atoms with Gasteiger partial charge >= 0.3 is 5.97 Å². The van der Waals surface area contributed by atoms with Crippen molar-refractivity contribution in [1.82, 2.24) is 5.32 Å². The Kier molecular flexibility index (Phi) is 6.33. The Morgan fingerprint density at radius 3 is 2.48 bits per heavy atom. The average molecular weight is 295 g/mol. The zero-order valence-corrected chi connectivity index (χ0v) is 12.2. The molecule has 0 aliphatic rings. The van der Waals surface area contributed by atoms with Crippen molar-refractivity contribution in [1.29, 1.82) is 0 Å². The van der Waals surface area contributed by atoms with Gasteiger partial charge in [0.25, 0.3) is 0 Å². The monoisotopic (exact) mass is 295 g/mol. The Morgan fingerprint density at radius 1 is 1.29 bits per heavy atom. The second-order valence-electron chi connectivity index (χ2n) is 5.38. The molecule has 3 N–H and O–H groups in total. The van der Waals surface area contributed by atoms with Gasteiger partial charge in [0, 0.05) is 12.0 Å². The number of amides is 1. The number of nitrogens with one attached hydrogen (secondary N) is 1. The molecule has 0 aliphatic heterocycles. The number of esters is 1. The molecule has 0 spiro atoms. The zero-order chi connectivity index (χ0) is 15.9. The molecular formula is C15H21NO5. The summed E-state index contributed by atoms with van der Waals surface area (Å²) in [5.41, 5.74) is -0.936. The molecule has 6 heteroatoms. The predicted octanol–water partition coefficient (Wildman–Crippen LogP) is 0.478. The molecule has 0 aliphatic carbocycles. The summed E-state index contributed by atoms with van der Waals surface area (Å²) in [4.78, 5) is 23.2. The van der Waals surface area contributed by atoms with Crippen LogP contribution < -0.4 is 10.1 Å². The second kappa shape index (κ2) is 7.75. The number of para-hydroxylation sites is 1. The van der Waals surface area contributed by atoms with Crippen molar-refractivity contribution in [2.45, 2.75) is 26.4 Å². The summed E-state index contributed by atoms with van der Waals surface area (Å²) in [6, 6.07) is 8.62. The zero-order valence-electron chi connectivity index (χ0n) is 12.2. The van der Waals surface area contributed by atoms with E-state index >= 15 is 0 Å². The number of rotatable bonds is 7. The molecule has 0 aromatic heterocycles. The number of hydrogen-bond donors (Lipinski definition) is 3. The van der Waals surface area contributed by atoms with E-state index in [1.54, 1.807) is 38.1 Å². The molecule has 0 saturated carbocycles. The van der Waals surface area contributed by atoms with Crippen LogP contribution in [0.4, 0.5) is 0 Å². The first-order chi connectivity index (χ1) is 9.86. The third-order valence-corrected chi connectivity index (χ3v) is 3.00. The molecule has 1 unspecified atom stereocenters. The van der Waals surface area contributed by atoms with Crippen LogP contribution in [0.25, 0.3) is 0 Å². The lowest BCUT2D eigenvalue weighted by molar-refractivity contribution is -0.137. The molecule has 6 nitrogen and oxygen atoms in total. The van der Waals surface area contributed by atoms with Crippen LogP contribution in [-0.4, -0.2) is 41.3 Å². The predicted molar refractivity (Wildman–Crippen MR) is 76.6 cm³/mol. The average Bonchev–Trinajstić information content (AvgIpc) is 2.47. The van der Waals surface area contributed by atoms with Gasteiger partial charge in [0.2, 0.25) is 5.91 Å². The van der Waals surface area contributed by atoms with Gasteiger partial charge in [-0.3, -0.25) is 9.59 Å². The highest BCUT2D eigenvalue weighted by Crippen LogP contribution is 2.19. The summed E-state index contributed by atoms with van der Waals surface area (Å²) in [5, 5.41) is 21.3. The maximum absolute atomic E-state index is 11.7. The Bertz CT molecular complexity index is 472. The van der Waals surface area contributed by atoms with E-state index in [0.717, 1.165) is 0 Å². The number of carbonyl (C=O) groups excluding carboxylic acids is 2. The minimum atomic E-state index is -1.34. The number of carbonyl (C=O) groups is 2. The molecule has 0 radical (unpaired) electrons. The van der Waals surface area contributed by atoms with E-state index in [0.29, 0.717) is 5.75 Å². The fraction of sp³-hybridized carbons (Fsp3) is 0.467. The van der Waals surface area contributed by atoms with Crippen LogP contribution in [-0.2, 0) is 9.59 Å².